The van der Waals surface area contributed by atoms with Gasteiger partial charge in [0.25, 0.3) is 0 Å². The number of aliphatic hydroxyl groups is 1. The highest BCUT2D eigenvalue weighted by molar-refractivity contribution is 9.10. The number of benzene rings is 2. The van der Waals surface area contributed by atoms with Gasteiger partial charge < -0.3 is 14.6 Å². The van der Waals surface area contributed by atoms with Crippen LogP contribution in [0.3, 0.4) is 0 Å². The van der Waals surface area contributed by atoms with Crippen molar-refractivity contribution >= 4 is 15.9 Å². The van der Waals surface area contributed by atoms with Gasteiger partial charge in [-0.05, 0) is 30.3 Å². The lowest BCUT2D eigenvalue weighted by Crippen LogP contribution is -2.06. The van der Waals surface area contributed by atoms with Crippen molar-refractivity contribution in [3.63, 3.8) is 0 Å². The van der Waals surface area contributed by atoms with Gasteiger partial charge in [-0.2, -0.15) is 0 Å². The Morgan fingerprint density at radius 1 is 1.15 bits per heavy atom. The molecule has 3 nitrogen and oxygen atoms in total. The third-order valence-corrected chi connectivity index (χ3v) is 3.70. The summed E-state index contributed by atoms with van der Waals surface area (Å²) in [5.41, 5.74) is 0.608. The molecule has 0 radical (unpaired) electrons. The minimum Gasteiger partial charge on any atom is -0.497 e. The predicted octanol–water partition coefficient (Wildman–Crippen LogP) is 3.69. The minimum absolute atomic E-state index is 0.166. The van der Waals surface area contributed by atoms with Gasteiger partial charge in [0.2, 0.25) is 0 Å². The molecule has 0 aromatic heterocycles. The van der Waals surface area contributed by atoms with Crippen molar-refractivity contribution in [2.45, 2.75) is 6.10 Å². The number of hydrogen-bond donors (Lipinski definition) is 1. The first-order valence-electron chi connectivity index (χ1n) is 5.92. The van der Waals surface area contributed by atoms with E-state index in [9.17, 15) is 9.50 Å². The van der Waals surface area contributed by atoms with E-state index in [1.165, 1.54) is 20.3 Å². The molecule has 0 bridgehead atoms. The van der Waals surface area contributed by atoms with Gasteiger partial charge in [0.1, 0.15) is 23.4 Å². The maximum atomic E-state index is 13.9. The third-order valence-electron chi connectivity index (χ3n) is 3.00. The van der Waals surface area contributed by atoms with E-state index in [1.54, 1.807) is 30.3 Å². The largest absolute Gasteiger partial charge is 0.497 e. The van der Waals surface area contributed by atoms with E-state index in [1.807, 2.05) is 0 Å². The predicted molar refractivity (Wildman–Crippen MR) is 77.7 cm³/mol. The smallest absolute Gasteiger partial charge is 0.130 e. The van der Waals surface area contributed by atoms with Crippen LogP contribution in [0.4, 0.5) is 4.39 Å². The van der Waals surface area contributed by atoms with Crippen LogP contribution in [-0.2, 0) is 0 Å². The molecule has 0 heterocycles. The Morgan fingerprint density at radius 2 is 1.90 bits per heavy atom. The highest BCUT2D eigenvalue weighted by atomic mass is 79.9. The molecule has 2 rings (SSSR count). The highest BCUT2D eigenvalue weighted by Gasteiger charge is 2.22. The van der Waals surface area contributed by atoms with Gasteiger partial charge >= 0.3 is 0 Å². The number of methoxy groups -OCH3 is 2. The summed E-state index contributed by atoms with van der Waals surface area (Å²) in [7, 11) is 3.02. The summed E-state index contributed by atoms with van der Waals surface area (Å²) in [6.45, 7) is 0. The van der Waals surface area contributed by atoms with Crippen LogP contribution in [-0.4, -0.2) is 19.3 Å². The molecular formula is C15H14BrFO3. The van der Waals surface area contributed by atoms with Crippen molar-refractivity contribution in [3.05, 3.63) is 57.8 Å². The van der Waals surface area contributed by atoms with Crippen molar-refractivity contribution in [2.24, 2.45) is 0 Å². The van der Waals surface area contributed by atoms with Gasteiger partial charge in [0, 0.05) is 15.6 Å². The molecular weight excluding hydrogens is 327 g/mol. The summed E-state index contributed by atoms with van der Waals surface area (Å²) in [6, 6.07) is 9.56. The molecule has 0 aliphatic rings. The first-order valence-corrected chi connectivity index (χ1v) is 6.71. The van der Waals surface area contributed by atoms with Gasteiger partial charge in [0.15, 0.2) is 0 Å². The second-order valence-corrected chi connectivity index (χ2v) is 5.00. The van der Waals surface area contributed by atoms with Crippen LogP contribution in [0.1, 0.15) is 17.2 Å². The summed E-state index contributed by atoms with van der Waals surface area (Å²) in [4.78, 5) is 0. The Morgan fingerprint density at radius 3 is 2.50 bits per heavy atom. The average Bonchev–Trinajstić information content (AvgIpc) is 2.46. The molecule has 0 aliphatic carbocycles. The second kappa shape index (κ2) is 6.24. The Balaban J connectivity index is 2.55. The fourth-order valence-electron chi connectivity index (χ4n) is 1.98. The average molecular weight is 341 g/mol. The number of halogens is 2. The lowest BCUT2D eigenvalue weighted by Gasteiger charge is -2.18. The topological polar surface area (TPSA) is 38.7 Å². The second-order valence-electron chi connectivity index (χ2n) is 4.15. The van der Waals surface area contributed by atoms with Gasteiger partial charge in [-0.1, -0.05) is 22.0 Å². The zero-order valence-electron chi connectivity index (χ0n) is 11.1. The van der Waals surface area contributed by atoms with E-state index in [0.717, 1.165) is 0 Å². The van der Waals surface area contributed by atoms with Crippen LogP contribution < -0.4 is 9.47 Å². The molecule has 106 valence electrons. The Hall–Kier alpha value is -1.59. The molecule has 1 atom stereocenters. The normalized spacial score (nSPS) is 12.1. The van der Waals surface area contributed by atoms with E-state index in [-0.39, 0.29) is 5.56 Å². The van der Waals surface area contributed by atoms with E-state index in [2.05, 4.69) is 15.9 Å². The van der Waals surface area contributed by atoms with Crippen molar-refractivity contribution in [1.29, 1.82) is 0 Å². The van der Waals surface area contributed by atoms with Crippen LogP contribution in [0.25, 0.3) is 0 Å². The van der Waals surface area contributed by atoms with Gasteiger partial charge in [-0.15, -0.1) is 0 Å². The first-order chi connectivity index (χ1) is 9.58. The quantitative estimate of drug-likeness (QED) is 0.922. The van der Waals surface area contributed by atoms with Crippen LogP contribution in [0.15, 0.2) is 40.9 Å². The lowest BCUT2D eigenvalue weighted by molar-refractivity contribution is 0.208. The number of aliphatic hydroxyl groups excluding tert-OH is 1. The molecule has 0 spiro atoms. The molecule has 0 saturated heterocycles. The lowest BCUT2D eigenvalue weighted by atomic mass is 10.00. The monoisotopic (exact) mass is 340 g/mol. The zero-order valence-corrected chi connectivity index (χ0v) is 12.6. The molecule has 2 aromatic rings. The van der Waals surface area contributed by atoms with Crippen molar-refractivity contribution in [3.8, 4) is 11.5 Å². The highest BCUT2D eigenvalue weighted by Crippen LogP contribution is 2.36. The maximum absolute atomic E-state index is 13.9. The molecule has 1 unspecified atom stereocenters. The summed E-state index contributed by atoms with van der Waals surface area (Å²) in [6.07, 6.45) is -1.16. The Bertz CT molecular complexity index is 596. The Kier molecular flexibility index (Phi) is 4.62. The summed E-state index contributed by atoms with van der Waals surface area (Å²) >= 11 is 3.26. The summed E-state index contributed by atoms with van der Waals surface area (Å²) in [5, 5.41) is 10.5. The van der Waals surface area contributed by atoms with Crippen LogP contribution in [0.2, 0.25) is 0 Å². The number of ether oxygens (including phenoxy) is 2. The van der Waals surface area contributed by atoms with Crippen LogP contribution in [0.5, 0.6) is 11.5 Å². The van der Waals surface area contributed by atoms with Crippen molar-refractivity contribution in [1.82, 2.24) is 0 Å². The van der Waals surface area contributed by atoms with E-state index < -0.39 is 11.9 Å². The summed E-state index contributed by atoms with van der Waals surface area (Å²) < 4.78 is 24.8. The summed E-state index contributed by atoms with van der Waals surface area (Å²) in [5.74, 6) is 0.539. The molecule has 20 heavy (non-hydrogen) atoms. The SMILES string of the molecule is COc1ccc(OC)c(C(O)c2c(F)cccc2Br)c1. The van der Waals surface area contributed by atoms with E-state index in [0.29, 0.717) is 21.5 Å². The molecule has 0 saturated carbocycles. The molecule has 0 amide bonds. The van der Waals surface area contributed by atoms with Gasteiger partial charge in [-0.3, -0.25) is 0 Å². The first kappa shape index (κ1) is 14.8. The van der Waals surface area contributed by atoms with Crippen LogP contribution in [0, 0.1) is 5.82 Å². The standard InChI is InChI=1S/C15H14BrFO3/c1-19-9-6-7-13(20-2)10(8-9)15(18)14-11(16)4-3-5-12(14)17/h3-8,15,18H,1-2H3. The van der Waals surface area contributed by atoms with Crippen molar-refractivity contribution < 1.29 is 19.0 Å². The molecule has 2 aromatic carbocycles. The van der Waals surface area contributed by atoms with Gasteiger partial charge in [0.05, 0.1) is 14.2 Å². The Labute approximate surface area is 125 Å². The van der Waals surface area contributed by atoms with Crippen LogP contribution >= 0.6 is 15.9 Å². The number of rotatable bonds is 4. The van der Waals surface area contributed by atoms with Gasteiger partial charge in [-0.25, -0.2) is 4.39 Å². The van der Waals surface area contributed by atoms with E-state index in [4.69, 9.17) is 9.47 Å². The maximum Gasteiger partial charge on any atom is 0.130 e. The molecule has 1 N–H and O–H groups in total. The fraction of sp³-hybridized carbons (Fsp3) is 0.200. The molecule has 0 fully saturated rings. The number of hydrogen-bond acceptors (Lipinski definition) is 3. The molecule has 0 aliphatic heterocycles. The minimum atomic E-state index is -1.16. The van der Waals surface area contributed by atoms with E-state index >= 15 is 0 Å². The molecule has 5 heteroatoms. The van der Waals surface area contributed by atoms with Crippen molar-refractivity contribution in [2.75, 3.05) is 14.2 Å². The third kappa shape index (κ3) is 2.78. The fourth-order valence-corrected chi connectivity index (χ4v) is 2.54. The zero-order chi connectivity index (χ0) is 14.7.